The molecule has 0 amide bonds. The van der Waals surface area contributed by atoms with E-state index in [-0.39, 0.29) is 0 Å². The van der Waals surface area contributed by atoms with Gasteiger partial charge in [0.1, 0.15) is 5.82 Å². The molecule has 0 saturated carbocycles. The highest BCUT2D eigenvalue weighted by Gasteiger charge is 2.20. The van der Waals surface area contributed by atoms with E-state index in [1.54, 1.807) is 7.11 Å². The van der Waals surface area contributed by atoms with Gasteiger partial charge in [-0.3, -0.25) is 0 Å². The van der Waals surface area contributed by atoms with Crippen LogP contribution < -0.4 is 25.0 Å². The zero-order valence-corrected chi connectivity index (χ0v) is 18.2. The molecule has 0 unspecified atom stereocenters. The highest BCUT2D eigenvalue weighted by molar-refractivity contribution is 5.80. The molecule has 1 aliphatic heterocycles. The fourth-order valence-electron chi connectivity index (χ4n) is 3.57. The molecule has 162 valence electrons. The van der Waals surface area contributed by atoms with Crippen LogP contribution in [-0.2, 0) is 6.54 Å². The van der Waals surface area contributed by atoms with E-state index < -0.39 is 0 Å². The average molecular weight is 412 g/mol. The number of anilines is 1. The lowest BCUT2D eigenvalue weighted by molar-refractivity contribution is 0.310. The van der Waals surface area contributed by atoms with Crippen molar-refractivity contribution in [3.05, 3.63) is 48.2 Å². The van der Waals surface area contributed by atoms with Gasteiger partial charge in [-0.15, -0.1) is 0 Å². The number of hydrogen-bond acceptors (Lipinski definition) is 5. The molecular formula is C23H33N5O2. The van der Waals surface area contributed by atoms with E-state index >= 15 is 0 Å². The Morgan fingerprint density at radius 3 is 2.67 bits per heavy atom. The summed E-state index contributed by atoms with van der Waals surface area (Å²) in [5.74, 6) is 3.41. The van der Waals surface area contributed by atoms with Gasteiger partial charge >= 0.3 is 0 Å². The maximum absolute atomic E-state index is 5.68. The maximum Gasteiger partial charge on any atom is 0.191 e. The Hall–Kier alpha value is -2.96. The van der Waals surface area contributed by atoms with E-state index in [0.717, 1.165) is 61.3 Å². The van der Waals surface area contributed by atoms with E-state index in [1.165, 1.54) is 0 Å². The molecule has 7 nitrogen and oxygen atoms in total. The van der Waals surface area contributed by atoms with E-state index in [0.29, 0.717) is 19.2 Å². The van der Waals surface area contributed by atoms with Crippen LogP contribution in [0.15, 0.2) is 47.6 Å². The number of guanidine groups is 1. The molecule has 1 aromatic heterocycles. The van der Waals surface area contributed by atoms with Gasteiger partial charge in [-0.1, -0.05) is 12.1 Å². The molecule has 0 atom stereocenters. The molecule has 0 spiro atoms. The van der Waals surface area contributed by atoms with Crippen molar-refractivity contribution in [1.82, 2.24) is 15.6 Å². The maximum atomic E-state index is 5.68. The third-order valence-electron chi connectivity index (χ3n) is 5.10. The smallest absolute Gasteiger partial charge is 0.191 e. The van der Waals surface area contributed by atoms with E-state index in [9.17, 15) is 0 Å². The largest absolute Gasteiger partial charge is 0.493 e. The minimum atomic E-state index is 0.401. The predicted octanol–water partition coefficient (Wildman–Crippen LogP) is 3.21. The lowest BCUT2D eigenvalue weighted by Crippen LogP contribution is -2.48. The Morgan fingerprint density at radius 2 is 2.00 bits per heavy atom. The molecule has 2 aromatic rings. The first-order chi connectivity index (χ1) is 14.7. The fraction of sp³-hybridized carbons (Fsp3) is 0.478. The van der Waals surface area contributed by atoms with Gasteiger partial charge in [-0.2, -0.15) is 0 Å². The van der Waals surface area contributed by atoms with E-state index in [4.69, 9.17) is 14.5 Å². The number of hydrogen-bond donors (Lipinski definition) is 2. The highest BCUT2D eigenvalue weighted by Crippen LogP contribution is 2.28. The Labute approximate surface area is 179 Å². The average Bonchev–Trinajstić information content (AvgIpc) is 2.79. The molecule has 2 N–H and O–H groups in total. The van der Waals surface area contributed by atoms with Crippen LogP contribution in [0.2, 0.25) is 0 Å². The normalized spacial score (nSPS) is 15.0. The summed E-state index contributed by atoms with van der Waals surface area (Å²) >= 11 is 0. The van der Waals surface area contributed by atoms with Crippen molar-refractivity contribution >= 4 is 11.8 Å². The van der Waals surface area contributed by atoms with Gasteiger partial charge in [0, 0.05) is 31.9 Å². The Bertz CT molecular complexity index is 804. The number of rotatable bonds is 8. The molecule has 0 aliphatic carbocycles. The summed E-state index contributed by atoms with van der Waals surface area (Å²) in [6.45, 7) is 8.04. The molecule has 1 aromatic carbocycles. The van der Waals surface area contributed by atoms with Crippen LogP contribution in [0.1, 0.15) is 32.3 Å². The van der Waals surface area contributed by atoms with Gasteiger partial charge in [0.25, 0.3) is 0 Å². The van der Waals surface area contributed by atoms with Gasteiger partial charge in [-0.05, 0) is 56.5 Å². The van der Waals surface area contributed by atoms with Crippen LogP contribution in [0, 0.1) is 0 Å². The number of piperidine rings is 1. The molecule has 1 aliphatic rings. The van der Waals surface area contributed by atoms with Crippen LogP contribution in [0.5, 0.6) is 11.5 Å². The third-order valence-corrected chi connectivity index (χ3v) is 5.10. The number of ether oxygens (including phenoxy) is 2. The number of aliphatic imine (C=N–C) groups is 1. The van der Waals surface area contributed by atoms with Gasteiger partial charge in [0.15, 0.2) is 17.5 Å². The number of nitrogens with zero attached hydrogens (tertiary/aromatic N) is 3. The van der Waals surface area contributed by atoms with Gasteiger partial charge in [-0.25, -0.2) is 9.98 Å². The third kappa shape index (κ3) is 6.02. The van der Waals surface area contributed by atoms with Crippen LogP contribution in [0.25, 0.3) is 0 Å². The second-order valence-corrected chi connectivity index (χ2v) is 7.21. The topological polar surface area (TPSA) is 71.0 Å². The summed E-state index contributed by atoms with van der Waals surface area (Å²) in [7, 11) is 1.65. The number of aromatic nitrogens is 1. The summed E-state index contributed by atoms with van der Waals surface area (Å²) in [5, 5.41) is 6.96. The van der Waals surface area contributed by atoms with Crippen LogP contribution in [-0.4, -0.2) is 50.3 Å². The molecule has 0 radical (unpaired) electrons. The molecule has 0 bridgehead atoms. The summed E-state index contributed by atoms with van der Waals surface area (Å²) in [4.78, 5) is 11.6. The molecule has 2 heterocycles. The Balaban J connectivity index is 1.58. The molecular weight excluding hydrogens is 378 g/mol. The van der Waals surface area contributed by atoms with Crippen molar-refractivity contribution in [3.8, 4) is 11.5 Å². The van der Waals surface area contributed by atoms with Crippen molar-refractivity contribution in [3.63, 3.8) is 0 Å². The zero-order valence-electron chi connectivity index (χ0n) is 18.2. The molecule has 1 saturated heterocycles. The second kappa shape index (κ2) is 11.3. The van der Waals surface area contributed by atoms with Crippen LogP contribution in [0.3, 0.4) is 0 Å². The number of methoxy groups -OCH3 is 1. The minimum Gasteiger partial charge on any atom is -0.493 e. The van der Waals surface area contributed by atoms with Crippen molar-refractivity contribution in [2.24, 2.45) is 4.99 Å². The summed E-state index contributed by atoms with van der Waals surface area (Å²) in [5.41, 5.74) is 1.08. The number of pyridine rings is 1. The number of nitrogens with one attached hydrogen (secondary N) is 2. The molecule has 1 fully saturated rings. The van der Waals surface area contributed by atoms with Crippen molar-refractivity contribution in [1.29, 1.82) is 0 Å². The van der Waals surface area contributed by atoms with E-state index in [1.807, 2.05) is 43.5 Å². The first-order valence-corrected chi connectivity index (χ1v) is 10.7. The summed E-state index contributed by atoms with van der Waals surface area (Å²) < 4.78 is 11.0. The quantitative estimate of drug-likeness (QED) is 0.513. The monoisotopic (exact) mass is 411 g/mol. The molecule has 30 heavy (non-hydrogen) atoms. The van der Waals surface area contributed by atoms with E-state index in [2.05, 4.69) is 33.5 Å². The SMILES string of the molecule is CCNC(=NCc1ccc(OC)c(OCC)c1)NC1CCN(c2ccccn2)CC1. The second-order valence-electron chi connectivity index (χ2n) is 7.21. The lowest BCUT2D eigenvalue weighted by atomic mass is 10.1. The predicted molar refractivity (Wildman–Crippen MR) is 122 cm³/mol. The first kappa shape index (κ1) is 21.7. The molecule has 3 rings (SSSR count). The highest BCUT2D eigenvalue weighted by atomic mass is 16.5. The van der Waals surface area contributed by atoms with Crippen molar-refractivity contribution in [2.75, 3.05) is 38.3 Å². The lowest BCUT2D eigenvalue weighted by Gasteiger charge is -2.33. The first-order valence-electron chi connectivity index (χ1n) is 10.7. The standard InChI is InChI=1S/C23H33N5O2/c1-4-24-23(26-17-18-9-10-20(29-3)21(16-18)30-5-2)27-19-11-14-28(15-12-19)22-8-6-7-13-25-22/h6-10,13,16,19H,4-5,11-12,14-15,17H2,1-3H3,(H2,24,26,27). The zero-order chi connectivity index (χ0) is 21.2. The Morgan fingerprint density at radius 1 is 1.17 bits per heavy atom. The molecule has 7 heteroatoms. The van der Waals surface area contributed by atoms with Crippen LogP contribution >= 0.6 is 0 Å². The number of benzene rings is 1. The fourth-order valence-corrected chi connectivity index (χ4v) is 3.57. The minimum absolute atomic E-state index is 0.401. The van der Waals surface area contributed by atoms with Crippen molar-refractivity contribution < 1.29 is 9.47 Å². The van der Waals surface area contributed by atoms with Crippen molar-refractivity contribution in [2.45, 2.75) is 39.3 Å². The van der Waals surface area contributed by atoms with Crippen LogP contribution in [0.4, 0.5) is 5.82 Å². The summed E-state index contributed by atoms with van der Waals surface area (Å²) in [6.07, 6.45) is 3.96. The van der Waals surface area contributed by atoms with Gasteiger partial charge < -0.3 is 25.0 Å². The Kier molecular flexibility index (Phi) is 8.18. The van der Waals surface area contributed by atoms with Gasteiger partial charge in [0.2, 0.25) is 0 Å². The summed E-state index contributed by atoms with van der Waals surface area (Å²) in [6, 6.07) is 12.4. The van der Waals surface area contributed by atoms with Gasteiger partial charge in [0.05, 0.1) is 20.3 Å².